The van der Waals surface area contributed by atoms with Crippen molar-refractivity contribution in [2.24, 2.45) is 0 Å². The second-order valence-corrected chi connectivity index (χ2v) is 6.07. The number of hydrogen-bond acceptors (Lipinski definition) is 2. The normalized spacial score (nSPS) is 17.3. The Bertz CT molecular complexity index is 592. The molecule has 1 atom stereocenters. The van der Waals surface area contributed by atoms with E-state index in [0.717, 1.165) is 12.2 Å². The van der Waals surface area contributed by atoms with Crippen LogP contribution in [0.1, 0.15) is 29.7 Å². The zero-order valence-corrected chi connectivity index (χ0v) is 12.3. The summed E-state index contributed by atoms with van der Waals surface area (Å²) < 4.78 is 0. The van der Waals surface area contributed by atoms with Crippen LogP contribution in [-0.2, 0) is 6.42 Å². The first-order valence-electron chi connectivity index (χ1n) is 6.86. The lowest BCUT2D eigenvalue weighted by Gasteiger charge is -2.19. The van der Waals surface area contributed by atoms with Gasteiger partial charge >= 0.3 is 0 Å². The highest BCUT2D eigenvalue weighted by Gasteiger charge is 2.23. The van der Waals surface area contributed by atoms with Crippen LogP contribution in [0.5, 0.6) is 0 Å². The topological polar surface area (TPSA) is 12.0 Å². The van der Waals surface area contributed by atoms with Crippen LogP contribution in [-0.4, -0.2) is 5.75 Å². The number of para-hydroxylation sites is 1. The van der Waals surface area contributed by atoms with Gasteiger partial charge in [0.2, 0.25) is 0 Å². The number of thioether (sulfide) groups is 1. The van der Waals surface area contributed by atoms with Crippen LogP contribution < -0.4 is 5.32 Å². The number of benzene rings is 2. The van der Waals surface area contributed by atoms with E-state index in [4.69, 9.17) is 0 Å². The smallest absolute Gasteiger partial charge is 0.0618 e. The van der Waals surface area contributed by atoms with Gasteiger partial charge in [0.1, 0.15) is 0 Å². The van der Waals surface area contributed by atoms with E-state index in [2.05, 4.69) is 61.6 Å². The Morgan fingerprint density at radius 2 is 2.00 bits per heavy atom. The highest BCUT2D eigenvalue weighted by atomic mass is 32.2. The Morgan fingerprint density at radius 1 is 1.16 bits per heavy atom. The van der Waals surface area contributed by atoms with Crippen molar-refractivity contribution >= 4 is 17.4 Å². The van der Waals surface area contributed by atoms with E-state index in [0.29, 0.717) is 6.04 Å². The summed E-state index contributed by atoms with van der Waals surface area (Å²) >= 11 is 1.95. The van der Waals surface area contributed by atoms with Crippen molar-refractivity contribution in [3.05, 3.63) is 59.2 Å². The summed E-state index contributed by atoms with van der Waals surface area (Å²) in [6, 6.07) is 15.7. The average Bonchev–Trinajstić information content (AvgIpc) is 2.84. The maximum atomic E-state index is 3.76. The minimum Gasteiger partial charge on any atom is -0.377 e. The summed E-state index contributed by atoms with van der Waals surface area (Å²) in [6.45, 7) is 4.41. The van der Waals surface area contributed by atoms with Crippen LogP contribution in [0.2, 0.25) is 0 Å². The van der Waals surface area contributed by atoms with Gasteiger partial charge in [-0.25, -0.2) is 0 Å². The molecule has 98 valence electrons. The van der Waals surface area contributed by atoms with Crippen LogP contribution in [0, 0.1) is 6.92 Å². The van der Waals surface area contributed by atoms with Gasteiger partial charge in [-0.05, 0) is 36.1 Å². The third kappa shape index (κ3) is 2.37. The molecule has 0 saturated carbocycles. The third-order valence-corrected chi connectivity index (χ3v) is 4.94. The molecule has 3 rings (SSSR count). The summed E-state index contributed by atoms with van der Waals surface area (Å²) in [6.07, 6.45) is 1.07. The predicted octanol–water partition coefficient (Wildman–Crippen LogP) is 4.82. The number of nitrogens with one attached hydrogen (secondary N) is 1. The van der Waals surface area contributed by atoms with Gasteiger partial charge in [0.05, 0.1) is 6.04 Å². The Labute approximate surface area is 119 Å². The lowest BCUT2D eigenvalue weighted by atomic mass is 10.0. The summed E-state index contributed by atoms with van der Waals surface area (Å²) in [5.41, 5.74) is 5.52. The van der Waals surface area contributed by atoms with E-state index < -0.39 is 0 Å². The van der Waals surface area contributed by atoms with Crippen molar-refractivity contribution in [3.8, 4) is 0 Å². The van der Waals surface area contributed by atoms with E-state index in [1.165, 1.54) is 27.3 Å². The Hall–Kier alpha value is -1.41. The molecule has 2 heteroatoms. The lowest BCUT2D eigenvalue weighted by Crippen LogP contribution is -2.12. The molecular weight excluding hydrogens is 250 g/mol. The fourth-order valence-corrected chi connectivity index (χ4v) is 3.85. The van der Waals surface area contributed by atoms with E-state index in [9.17, 15) is 0 Å². The molecule has 0 spiro atoms. The largest absolute Gasteiger partial charge is 0.377 e. The molecule has 1 heterocycles. The quantitative estimate of drug-likeness (QED) is 0.857. The predicted molar refractivity (Wildman–Crippen MR) is 84.1 cm³/mol. The number of aryl methyl sites for hydroxylation is 2. The van der Waals surface area contributed by atoms with Gasteiger partial charge in [0.25, 0.3) is 0 Å². The standard InChI is InChI=1S/C17H19NS/c1-3-13-8-6-7-12(2)17(13)18-15-11-19-16-10-5-4-9-14(15)16/h4-10,15,18H,3,11H2,1-2H3. The van der Waals surface area contributed by atoms with Crippen molar-refractivity contribution in [1.82, 2.24) is 0 Å². The minimum atomic E-state index is 0.438. The Balaban J connectivity index is 1.91. The fraction of sp³-hybridized carbons (Fsp3) is 0.294. The number of hydrogen-bond donors (Lipinski definition) is 1. The van der Waals surface area contributed by atoms with Crippen molar-refractivity contribution in [1.29, 1.82) is 0 Å². The van der Waals surface area contributed by atoms with Crippen molar-refractivity contribution in [2.75, 3.05) is 11.1 Å². The van der Waals surface area contributed by atoms with Gasteiger partial charge in [-0.2, -0.15) is 0 Å². The second-order valence-electron chi connectivity index (χ2n) is 5.01. The van der Waals surface area contributed by atoms with Gasteiger partial charge in [0.15, 0.2) is 0 Å². The first-order valence-corrected chi connectivity index (χ1v) is 7.85. The van der Waals surface area contributed by atoms with Crippen molar-refractivity contribution in [3.63, 3.8) is 0 Å². The molecule has 1 nitrogen and oxygen atoms in total. The Morgan fingerprint density at radius 3 is 2.84 bits per heavy atom. The molecule has 0 bridgehead atoms. The molecule has 1 unspecified atom stereocenters. The molecule has 1 N–H and O–H groups in total. The molecule has 0 saturated heterocycles. The monoisotopic (exact) mass is 269 g/mol. The van der Waals surface area contributed by atoms with Gasteiger partial charge < -0.3 is 5.32 Å². The molecule has 1 aliphatic rings. The summed E-state index contributed by atoms with van der Waals surface area (Å²) in [7, 11) is 0. The van der Waals surface area contributed by atoms with Gasteiger partial charge in [-0.15, -0.1) is 11.8 Å². The number of anilines is 1. The molecular formula is C17H19NS. The molecule has 2 aromatic rings. The molecule has 0 radical (unpaired) electrons. The minimum absolute atomic E-state index is 0.438. The first-order chi connectivity index (χ1) is 9.29. The molecule has 2 aromatic carbocycles. The third-order valence-electron chi connectivity index (χ3n) is 3.76. The number of fused-ring (bicyclic) bond motifs is 1. The summed E-state index contributed by atoms with van der Waals surface area (Å²) in [5, 5.41) is 3.76. The highest BCUT2D eigenvalue weighted by Crippen LogP contribution is 2.40. The highest BCUT2D eigenvalue weighted by molar-refractivity contribution is 7.99. The Kier molecular flexibility index (Phi) is 3.52. The molecule has 0 amide bonds. The average molecular weight is 269 g/mol. The molecule has 0 aliphatic carbocycles. The summed E-state index contributed by atoms with van der Waals surface area (Å²) in [5.74, 6) is 1.12. The fourth-order valence-electron chi connectivity index (χ4n) is 2.69. The zero-order chi connectivity index (χ0) is 13.2. The van der Waals surface area contributed by atoms with E-state index in [1.807, 2.05) is 11.8 Å². The molecule has 0 fully saturated rings. The van der Waals surface area contributed by atoms with Crippen LogP contribution in [0.4, 0.5) is 5.69 Å². The van der Waals surface area contributed by atoms with E-state index in [1.54, 1.807) is 0 Å². The van der Waals surface area contributed by atoms with Crippen LogP contribution in [0.25, 0.3) is 0 Å². The van der Waals surface area contributed by atoms with Gasteiger partial charge in [-0.1, -0.05) is 43.3 Å². The summed E-state index contributed by atoms with van der Waals surface area (Å²) in [4.78, 5) is 1.42. The molecule has 1 aliphatic heterocycles. The van der Waals surface area contributed by atoms with Gasteiger partial charge in [0, 0.05) is 16.3 Å². The van der Waals surface area contributed by atoms with Crippen LogP contribution >= 0.6 is 11.8 Å². The van der Waals surface area contributed by atoms with E-state index >= 15 is 0 Å². The van der Waals surface area contributed by atoms with Crippen LogP contribution in [0.3, 0.4) is 0 Å². The molecule has 0 aromatic heterocycles. The first kappa shape index (κ1) is 12.6. The van der Waals surface area contributed by atoms with Crippen LogP contribution in [0.15, 0.2) is 47.4 Å². The maximum absolute atomic E-state index is 3.76. The van der Waals surface area contributed by atoms with Crippen molar-refractivity contribution in [2.45, 2.75) is 31.2 Å². The maximum Gasteiger partial charge on any atom is 0.0618 e. The zero-order valence-electron chi connectivity index (χ0n) is 11.4. The van der Waals surface area contributed by atoms with Crippen molar-refractivity contribution < 1.29 is 0 Å². The number of rotatable bonds is 3. The second kappa shape index (κ2) is 5.30. The van der Waals surface area contributed by atoms with E-state index in [-0.39, 0.29) is 0 Å². The van der Waals surface area contributed by atoms with Gasteiger partial charge in [-0.3, -0.25) is 0 Å². The molecule has 19 heavy (non-hydrogen) atoms. The SMILES string of the molecule is CCc1cccc(C)c1NC1CSc2ccccc21. The lowest BCUT2D eigenvalue weighted by molar-refractivity contribution is 0.891.